The zero-order valence-electron chi connectivity index (χ0n) is 12.2. The Morgan fingerprint density at radius 3 is 2.55 bits per heavy atom. The Bertz CT molecular complexity index is 689. The van der Waals surface area contributed by atoms with Crippen LogP contribution < -0.4 is 5.32 Å². The third-order valence-corrected chi connectivity index (χ3v) is 2.59. The number of hydrogen-bond donors (Lipinski definition) is 1. The first-order valence-electron chi connectivity index (χ1n) is 6.44. The van der Waals surface area contributed by atoms with Crippen molar-refractivity contribution in [1.82, 2.24) is 19.9 Å². The number of nitrogens with zero attached hydrogens (tertiary/aromatic N) is 3. The van der Waals surface area contributed by atoms with Crippen LogP contribution >= 0.6 is 0 Å². The van der Waals surface area contributed by atoms with Gasteiger partial charge in [-0.25, -0.2) is 4.79 Å². The predicted octanol–water partition coefficient (Wildman–Crippen LogP) is 2.77. The van der Waals surface area contributed by atoms with Crippen LogP contribution in [0.2, 0.25) is 0 Å². The molecule has 2 rings (SSSR count). The van der Waals surface area contributed by atoms with Crippen LogP contribution in [0.15, 0.2) is 18.3 Å². The maximum absolute atomic E-state index is 12.7. The fourth-order valence-electron chi connectivity index (χ4n) is 1.69. The molecule has 0 aliphatic rings. The molecule has 2 aromatic heterocycles. The molecule has 22 heavy (non-hydrogen) atoms. The Morgan fingerprint density at radius 2 is 1.95 bits per heavy atom. The van der Waals surface area contributed by atoms with Crippen molar-refractivity contribution in [2.45, 2.75) is 39.1 Å². The van der Waals surface area contributed by atoms with Gasteiger partial charge < -0.3 is 10.1 Å². The van der Waals surface area contributed by atoms with E-state index in [1.54, 1.807) is 20.8 Å². The number of nitrogens with one attached hydrogen (secondary N) is 1. The average Bonchev–Trinajstić information content (AvgIpc) is 2.75. The molecule has 6 nitrogen and oxygen atoms in total. The summed E-state index contributed by atoms with van der Waals surface area (Å²) >= 11 is 0. The van der Waals surface area contributed by atoms with E-state index in [4.69, 9.17) is 4.74 Å². The standard InChI is InChI=1S/C13H15F3N4O2/c1-12(2,3)22-11(21)17-6-10-19-18-9-5-4-8(7-20(9)10)13(14,15)16/h4-5,7H,6H2,1-3H3,(H,17,21). The topological polar surface area (TPSA) is 68.5 Å². The van der Waals surface area contributed by atoms with Crippen LogP contribution in [0.25, 0.3) is 5.65 Å². The summed E-state index contributed by atoms with van der Waals surface area (Å²) in [6, 6.07) is 2.14. The molecule has 0 saturated heterocycles. The van der Waals surface area contributed by atoms with Crippen molar-refractivity contribution in [3.63, 3.8) is 0 Å². The number of rotatable bonds is 2. The van der Waals surface area contributed by atoms with Gasteiger partial charge in [0.15, 0.2) is 11.5 Å². The summed E-state index contributed by atoms with van der Waals surface area (Å²) < 4.78 is 44.3. The molecule has 0 saturated carbocycles. The van der Waals surface area contributed by atoms with Gasteiger partial charge in [0.2, 0.25) is 0 Å². The molecule has 0 atom stereocenters. The molecule has 0 aliphatic heterocycles. The quantitative estimate of drug-likeness (QED) is 0.925. The normalized spacial score (nSPS) is 12.5. The third kappa shape index (κ3) is 3.86. The summed E-state index contributed by atoms with van der Waals surface area (Å²) in [5.74, 6) is 0.173. The Balaban J connectivity index is 2.16. The van der Waals surface area contributed by atoms with Gasteiger partial charge in [0, 0.05) is 6.20 Å². The molecule has 9 heteroatoms. The van der Waals surface area contributed by atoms with Crippen molar-refractivity contribution >= 4 is 11.7 Å². The molecule has 0 unspecified atom stereocenters. The predicted molar refractivity (Wildman–Crippen MR) is 71.1 cm³/mol. The third-order valence-electron chi connectivity index (χ3n) is 2.59. The Morgan fingerprint density at radius 1 is 1.27 bits per heavy atom. The lowest BCUT2D eigenvalue weighted by molar-refractivity contribution is -0.137. The first-order chi connectivity index (χ1) is 10.1. The van der Waals surface area contributed by atoms with Gasteiger partial charge in [0.1, 0.15) is 5.60 Å². The minimum Gasteiger partial charge on any atom is -0.444 e. The van der Waals surface area contributed by atoms with Gasteiger partial charge >= 0.3 is 12.3 Å². The van der Waals surface area contributed by atoms with Gasteiger partial charge in [-0.1, -0.05) is 0 Å². The zero-order chi connectivity index (χ0) is 16.5. The van der Waals surface area contributed by atoms with E-state index in [2.05, 4.69) is 15.5 Å². The molecule has 120 valence electrons. The van der Waals surface area contributed by atoms with E-state index in [9.17, 15) is 18.0 Å². The Kier molecular flexibility index (Phi) is 3.99. The summed E-state index contributed by atoms with van der Waals surface area (Å²) in [5, 5.41) is 9.94. The molecule has 0 spiro atoms. The lowest BCUT2D eigenvalue weighted by Gasteiger charge is -2.19. The highest BCUT2D eigenvalue weighted by Crippen LogP contribution is 2.29. The van der Waals surface area contributed by atoms with Gasteiger partial charge in [0.05, 0.1) is 12.1 Å². The van der Waals surface area contributed by atoms with Crippen molar-refractivity contribution < 1.29 is 22.7 Å². The minimum absolute atomic E-state index is 0.0998. The van der Waals surface area contributed by atoms with Crippen molar-refractivity contribution in [2.75, 3.05) is 0 Å². The molecule has 0 aromatic carbocycles. The summed E-state index contributed by atoms with van der Waals surface area (Å²) in [4.78, 5) is 11.5. The molecular formula is C13H15F3N4O2. The number of aromatic nitrogens is 3. The fourth-order valence-corrected chi connectivity index (χ4v) is 1.69. The molecule has 2 aromatic rings. The van der Waals surface area contributed by atoms with Gasteiger partial charge in [0.25, 0.3) is 0 Å². The van der Waals surface area contributed by atoms with Gasteiger partial charge in [-0.05, 0) is 32.9 Å². The van der Waals surface area contributed by atoms with Crippen LogP contribution in [0.5, 0.6) is 0 Å². The number of hydrogen-bond acceptors (Lipinski definition) is 4. The second-order valence-corrected chi connectivity index (χ2v) is 5.62. The van der Waals surface area contributed by atoms with E-state index in [0.29, 0.717) is 0 Å². The van der Waals surface area contributed by atoms with E-state index in [-0.39, 0.29) is 18.0 Å². The number of fused-ring (bicyclic) bond motifs is 1. The summed E-state index contributed by atoms with van der Waals surface area (Å²) in [6.07, 6.45) is -4.26. The molecule has 2 heterocycles. The molecule has 0 fully saturated rings. The average molecular weight is 316 g/mol. The van der Waals surface area contributed by atoms with E-state index in [1.807, 2.05) is 0 Å². The number of ether oxygens (including phenoxy) is 1. The first kappa shape index (κ1) is 16.1. The van der Waals surface area contributed by atoms with Crippen molar-refractivity contribution in [3.8, 4) is 0 Å². The molecule has 0 radical (unpaired) electrons. The monoisotopic (exact) mass is 316 g/mol. The highest BCUT2D eigenvalue weighted by Gasteiger charge is 2.31. The number of amides is 1. The van der Waals surface area contributed by atoms with Gasteiger partial charge in [-0.3, -0.25) is 4.40 Å². The number of halogens is 3. The highest BCUT2D eigenvalue weighted by molar-refractivity contribution is 5.67. The van der Waals surface area contributed by atoms with E-state index in [0.717, 1.165) is 12.3 Å². The van der Waals surface area contributed by atoms with Crippen LogP contribution in [0.3, 0.4) is 0 Å². The second-order valence-electron chi connectivity index (χ2n) is 5.62. The lowest BCUT2D eigenvalue weighted by Crippen LogP contribution is -2.32. The number of alkyl carbamates (subject to hydrolysis) is 1. The summed E-state index contributed by atoms with van der Waals surface area (Å²) in [5.41, 5.74) is -1.23. The van der Waals surface area contributed by atoms with E-state index < -0.39 is 23.4 Å². The van der Waals surface area contributed by atoms with E-state index >= 15 is 0 Å². The minimum atomic E-state index is -4.46. The molecule has 0 aliphatic carbocycles. The van der Waals surface area contributed by atoms with E-state index in [1.165, 1.54) is 10.5 Å². The van der Waals surface area contributed by atoms with Crippen LogP contribution in [-0.4, -0.2) is 26.3 Å². The van der Waals surface area contributed by atoms with Crippen LogP contribution in [0.4, 0.5) is 18.0 Å². The smallest absolute Gasteiger partial charge is 0.417 e. The Labute approximate surface area is 124 Å². The summed E-state index contributed by atoms with van der Waals surface area (Å²) in [6.45, 7) is 5.01. The van der Waals surface area contributed by atoms with Gasteiger partial charge in [-0.2, -0.15) is 13.2 Å². The van der Waals surface area contributed by atoms with Gasteiger partial charge in [-0.15, -0.1) is 10.2 Å². The van der Waals surface area contributed by atoms with Crippen LogP contribution in [-0.2, 0) is 17.5 Å². The van der Waals surface area contributed by atoms with Crippen LogP contribution in [0, 0.1) is 0 Å². The number of carbonyl (C=O) groups excluding carboxylic acids is 1. The van der Waals surface area contributed by atoms with Crippen molar-refractivity contribution in [2.24, 2.45) is 0 Å². The van der Waals surface area contributed by atoms with Crippen molar-refractivity contribution in [3.05, 3.63) is 29.7 Å². The molecule has 1 amide bonds. The number of alkyl halides is 3. The molecule has 0 bridgehead atoms. The number of carbonyl (C=O) groups is 1. The second kappa shape index (κ2) is 5.47. The molecular weight excluding hydrogens is 301 g/mol. The Hall–Kier alpha value is -2.32. The number of pyridine rings is 1. The largest absolute Gasteiger partial charge is 0.444 e. The fraction of sp³-hybridized carbons (Fsp3) is 0.462. The summed E-state index contributed by atoms with van der Waals surface area (Å²) in [7, 11) is 0. The van der Waals surface area contributed by atoms with Crippen LogP contribution in [0.1, 0.15) is 32.2 Å². The first-order valence-corrected chi connectivity index (χ1v) is 6.44. The lowest BCUT2D eigenvalue weighted by atomic mass is 10.2. The maximum Gasteiger partial charge on any atom is 0.417 e. The highest BCUT2D eigenvalue weighted by atomic mass is 19.4. The SMILES string of the molecule is CC(C)(C)OC(=O)NCc1nnc2ccc(C(F)(F)F)cn12. The van der Waals surface area contributed by atoms with Crippen molar-refractivity contribution in [1.29, 1.82) is 0 Å². The molecule has 1 N–H and O–H groups in total. The maximum atomic E-state index is 12.7. The zero-order valence-corrected chi connectivity index (χ0v) is 12.2.